The van der Waals surface area contributed by atoms with Gasteiger partial charge in [-0.05, 0) is 19.3 Å². The smallest absolute Gasteiger partial charge is 0.393 e. The van der Waals surface area contributed by atoms with Crippen LogP contribution in [0.1, 0.15) is 20.3 Å². The normalized spacial score (nSPS) is 17.0. The fourth-order valence-corrected chi connectivity index (χ4v) is 2.97. The maximum atomic E-state index is 10.6. The minimum atomic E-state index is -4.96. The number of nitrogens with two attached hydrogens (primary N) is 1. The lowest BCUT2D eigenvalue weighted by Gasteiger charge is -2.21. The molecule has 8 N–H and O–H groups in total. The maximum absolute atomic E-state index is 10.6. The number of methoxy groups -OCH3 is 1. The molecule has 0 aliphatic rings. The molecule has 0 rings (SSSR count). The number of phosphoric ester groups is 1. The van der Waals surface area contributed by atoms with E-state index in [1.54, 1.807) is 13.8 Å². The molecule has 0 radical (unpaired) electrons. The number of aliphatic hydroxyl groups excluding tert-OH is 1. The first kappa shape index (κ1) is 31.3. The van der Waals surface area contributed by atoms with Crippen LogP contribution in [0.5, 0.6) is 0 Å². The molecule has 0 aliphatic carbocycles. The van der Waals surface area contributed by atoms with Gasteiger partial charge in [-0.25, -0.2) is 15.0 Å². The lowest BCUT2D eigenvalue weighted by atomic mass is 10.0. The van der Waals surface area contributed by atoms with E-state index in [0.717, 1.165) is 7.11 Å². The van der Waals surface area contributed by atoms with Crippen LogP contribution >= 0.6 is 23.7 Å². The molecule has 4 unspecified atom stereocenters. The second-order valence-corrected chi connectivity index (χ2v) is 9.20. The zero-order valence-electron chi connectivity index (χ0n) is 16.0. The van der Waals surface area contributed by atoms with Crippen LogP contribution in [0.2, 0.25) is 0 Å². The van der Waals surface area contributed by atoms with Gasteiger partial charge in [-0.2, -0.15) is 0 Å². The van der Waals surface area contributed by atoms with Gasteiger partial charge in [-0.1, -0.05) is 11.4 Å². The summed E-state index contributed by atoms with van der Waals surface area (Å²) in [5.41, 5.74) is 0. The molecule has 0 aliphatic heterocycles. The predicted octanol–water partition coefficient (Wildman–Crippen LogP) is -0.461. The maximum Gasteiger partial charge on any atom is 0.697 e. The van der Waals surface area contributed by atoms with E-state index in [1.165, 1.54) is 0 Å². The van der Waals surface area contributed by atoms with Crippen molar-refractivity contribution in [2.75, 3.05) is 26.5 Å². The molecule has 0 bridgehead atoms. The van der Waals surface area contributed by atoms with Gasteiger partial charge in [0, 0.05) is 11.7 Å². The second kappa shape index (κ2) is 15.8. The highest BCUT2D eigenvalue weighted by molar-refractivity contribution is 7.51. The van der Waals surface area contributed by atoms with Crippen molar-refractivity contribution in [1.29, 1.82) is 0 Å². The lowest BCUT2D eigenvalue weighted by molar-refractivity contribution is -0.231. The van der Waals surface area contributed by atoms with Crippen molar-refractivity contribution < 1.29 is 66.6 Å². The van der Waals surface area contributed by atoms with E-state index < -0.39 is 42.4 Å². The van der Waals surface area contributed by atoms with Crippen molar-refractivity contribution in [2.45, 2.75) is 39.0 Å². The Labute approximate surface area is 168 Å². The van der Waals surface area contributed by atoms with Crippen molar-refractivity contribution in [2.24, 2.45) is 11.8 Å². The molecule has 176 valence electrons. The highest BCUT2D eigenvalue weighted by atomic mass is 31.2. The molecule has 0 aromatic rings. The monoisotopic (exact) mass is 492 g/mol. The molecule has 0 saturated heterocycles. The van der Waals surface area contributed by atoms with Crippen molar-refractivity contribution >= 4 is 23.7 Å². The van der Waals surface area contributed by atoms with E-state index in [1.807, 2.05) is 0 Å². The van der Waals surface area contributed by atoms with E-state index in [-0.39, 0.29) is 25.3 Å². The molecule has 0 spiro atoms. The first-order chi connectivity index (χ1) is 13.1. The highest BCUT2D eigenvalue weighted by Crippen LogP contribution is 2.41. The van der Waals surface area contributed by atoms with Gasteiger partial charge in [0.2, 0.25) is 6.29 Å². The summed E-state index contributed by atoms with van der Waals surface area (Å²) >= 11 is 0. The topological polar surface area (TPSA) is 245 Å². The minimum absolute atomic E-state index is 0.0479. The predicted molar refractivity (Wildman–Crippen MR) is 97.1 cm³/mol. The van der Waals surface area contributed by atoms with Gasteiger partial charge in [0.1, 0.15) is 0 Å². The zero-order chi connectivity index (χ0) is 23.3. The fraction of sp³-hybridized carbons (Fsp3) is 1.00. The summed E-state index contributed by atoms with van der Waals surface area (Å²) in [5, 5.41) is 8.96. The molecule has 0 aromatic heterocycles. The summed E-state index contributed by atoms with van der Waals surface area (Å²) in [7, 11) is -10.9. The van der Waals surface area contributed by atoms with E-state index in [9.17, 15) is 13.7 Å². The summed E-state index contributed by atoms with van der Waals surface area (Å²) in [5.74, 6) is 4.67. The average Bonchev–Trinajstić information content (AvgIpc) is 2.54. The molecular formula is C11H29NO14P3+. The molecule has 18 heteroatoms. The molecular weight excluding hydrogens is 463 g/mol. The van der Waals surface area contributed by atoms with E-state index in [0.29, 0.717) is 6.42 Å². The van der Waals surface area contributed by atoms with Gasteiger partial charge in [0.15, 0.2) is 0 Å². The van der Waals surface area contributed by atoms with Crippen molar-refractivity contribution in [3.8, 4) is 0 Å². The molecule has 5 atom stereocenters. The zero-order valence-corrected chi connectivity index (χ0v) is 18.7. The van der Waals surface area contributed by atoms with Gasteiger partial charge >= 0.3 is 23.7 Å². The molecule has 0 saturated carbocycles. The summed E-state index contributed by atoms with van der Waals surface area (Å²) in [6.45, 7) is 3.21. The first-order valence-electron chi connectivity index (χ1n) is 7.88. The molecule has 0 fully saturated rings. The third-order valence-corrected chi connectivity index (χ3v) is 4.78. The Hall–Kier alpha value is 0.0800. The van der Waals surface area contributed by atoms with Gasteiger partial charge < -0.3 is 39.0 Å². The van der Waals surface area contributed by atoms with Crippen LogP contribution in [0.4, 0.5) is 0 Å². The quantitative estimate of drug-likeness (QED) is 0.0701. The Morgan fingerprint density at radius 2 is 1.62 bits per heavy atom. The van der Waals surface area contributed by atoms with Crippen LogP contribution < -0.4 is 5.90 Å². The average molecular weight is 492 g/mol. The Morgan fingerprint density at radius 3 is 1.97 bits per heavy atom. The van der Waals surface area contributed by atoms with E-state index in [2.05, 4.69) is 18.6 Å². The van der Waals surface area contributed by atoms with Crippen molar-refractivity contribution in [3.05, 3.63) is 0 Å². The number of aliphatic hydroxyl groups is 1. The largest absolute Gasteiger partial charge is 0.697 e. The Morgan fingerprint density at radius 1 is 1.07 bits per heavy atom. The highest BCUT2D eigenvalue weighted by Gasteiger charge is 2.38. The number of rotatable bonds is 14. The molecule has 0 heterocycles. The Bertz CT molecular complexity index is 537. The summed E-state index contributed by atoms with van der Waals surface area (Å²) in [6.07, 6.45) is -3.64. The van der Waals surface area contributed by atoms with Crippen LogP contribution in [-0.2, 0) is 37.1 Å². The second-order valence-electron chi connectivity index (χ2n) is 5.55. The van der Waals surface area contributed by atoms with Gasteiger partial charge in [-0.15, -0.1) is 4.89 Å². The minimum Gasteiger partial charge on any atom is -0.393 e. The Kier molecular flexibility index (Phi) is 17.1. The number of phosphoric acid groups is 1. The molecule has 29 heavy (non-hydrogen) atoms. The van der Waals surface area contributed by atoms with Crippen LogP contribution in [-0.4, -0.2) is 74.7 Å². The van der Waals surface area contributed by atoms with E-state index >= 15 is 0 Å². The van der Waals surface area contributed by atoms with Crippen LogP contribution in [0.25, 0.3) is 0 Å². The third kappa shape index (κ3) is 21.1. The lowest BCUT2D eigenvalue weighted by Crippen LogP contribution is -2.34. The van der Waals surface area contributed by atoms with Gasteiger partial charge in [0.25, 0.3) is 6.29 Å². The number of hydrogen-bond donors (Lipinski definition) is 7. The Balaban J connectivity index is 0. The summed E-state index contributed by atoms with van der Waals surface area (Å²) in [4.78, 5) is 46.9. The van der Waals surface area contributed by atoms with Gasteiger partial charge in [-0.3, -0.25) is 4.57 Å². The van der Waals surface area contributed by atoms with Crippen LogP contribution in [0.3, 0.4) is 0 Å². The van der Waals surface area contributed by atoms with E-state index in [4.69, 9.17) is 40.2 Å². The first-order valence-corrected chi connectivity index (χ1v) is 12.3. The third-order valence-electron chi connectivity index (χ3n) is 3.07. The molecule has 0 aromatic carbocycles. The van der Waals surface area contributed by atoms with Crippen LogP contribution in [0.15, 0.2) is 0 Å². The van der Waals surface area contributed by atoms with Gasteiger partial charge in [0.05, 0.1) is 25.5 Å². The number of hydrogen-bond acceptors (Lipinski definition) is 10. The fourth-order valence-electron chi connectivity index (χ4n) is 1.43. The number of ether oxygens (including phenoxy) is 2. The SMILES string of the molecule is CC(O)C(C)CCP(=O)(O)O.COC(OCCON)[C@H](O[P+](=O)O)OP(=O)(O)O. The summed E-state index contributed by atoms with van der Waals surface area (Å²) < 4.78 is 49.4. The van der Waals surface area contributed by atoms with Crippen molar-refractivity contribution in [1.82, 2.24) is 0 Å². The molecule has 0 amide bonds. The van der Waals surface area contributed by atoms with Crippen LogP contribution in [0, 0.1) is 5.92 Å². The standard InChI is InChI=1S/C6H15O4P.C5H13NO10P2/c1-5(6(2)7)3-4-11(8,9)10;1-12-4(13-2-3-14-6)5(15-17(7)8)16-18(9,10)11/h5-7H,3-4H2,1-2H3,(H2,8,9,10);4-5H,2-3,6H2,1H3,(H2-,7,8,9,10,11)/p+1/t;4?,5-/m.1/s1. The summed E-state index contributed by atoms with van der Waals surface area (Å²) in [6, 6.07) is 0. The molecule has 15 nitrogen and oxygen atoms in total. The van der Waals surface area contributed by atoms with Crippen molar-refractivity contribution in [3.63, 3.8) is 0 Å².